The second kappa shape index (κ2) is 9.91. The summed E-state index contributed by atoms with van der Waals surface area (Å²) in [6.45, 7) is 7.48. The first-order valence-electron chi connectivity index (χ1n) is 10.1. The fourth-order valence-electron chi connectivity index (χ4n) is 3.65. The highest BCUT2D eigenvalue weighted by atomic mass is 32.2. The van der Waals surface area contributed by atoms with Crippen LogP contribution in [0.2, 0.25) is 0 Å². The van der Waals surface area contributed by atoms with Gasteiger partial charge in [-0.25, -0.2) is 8.42 Å². The van der Waals surface area contributed by atoms with Crippen LogP contribution < -0.4 is 9.62 Å². The maximum Gasteiger partial charge on any atom is 0.251 e. The van der Waals surface area contributed by atoms with Crippen molar-refractivity contribution in [1.82, 2.24) is 10.2 Å². The molecule has 0 spiro atoms. The van der Waals surface area contributed by atoms with E-state index in [2.05, 4.69) is 28.9 Å². The molecule has 1 amide bonds. The number of carbonyl (C=O) groups excluding carboxylic acids is 1. The predicted octanol–water partition coefficient (Wildman–Crippen LogP) is 3.16. The van der Waals surface area contributed by atoms with E-state index in [4.69, 9.17) is 0 Å². The molecule has 6 nitrogen and oxygen atoms in total. The summed E-state index contributed by atoms with van der Waals surface area (Å²) in [6.07, 6.45) is 5.21. The van der Waals surface area contributed by atoms with Gasteiger partial charge in [0.25, 0.3) is 5.91 Å². The first kappa shape index (κ1) is 22.1. The van der Waals surface area contributed by atoms with Crippen LogP contribution in [0.15, 0.2) is 61.2 Å². The summed E-state index contributed by atoms with van der Waals surface area (Å²) < 4.78 is 25.1. The summed E-state index contributed by atoms with van der Waals surface area (Å²) in [4.78, 5) is 15.0. The normalized spacial score (nSPS) is 14.4. The van der Waals surface area contributed by atoms with Gasteiger partial charge in [-0.3, -0.25) is 14.0 Å². The van der Waals surface area contributed by atoms with Crippen LogP contribution in [0.3, 0.4) is 0 Å². The Morgan fingerprint density at radius 3 is 2.43 bits per heavy atom. The van der Waals surface area contributed by atoms with Crippen molar-refractivity contribution in [2.24, 2.45) is 0 Å². The van der Waals surface area contributed by atoms with Crippen LogP contribution in [0.25, 0.3) is 0 Å². The SMILES string of the molecule is C=CCN(c1ccc(C(=O)NCc2cccc(CN3CCCC3)c2)cc1)S(C)(=O)=O. The van der Waals surface area contributed by atoms with Gasteiger partial charge in [0.05, 0.1) is 18.5 Å². The molecule has 2 aromatic rings. The largest absolute Gasteiger partial charge is 0.348 e. The number of hydrogen-bond donors (Lipinski definition) is 1. The van der Waals surface area contributed by atoms with E-state index >= 15 is 0 Å². The standard InChI is InChI=1S/C23H29N3O3S/c1-3-13-26(30(2,28)29)22-11-9-21(10-12-22)23(27)24-17-19-7-6-8-20(16-19)18-25-14-4-5-15-25/h3,6-12,16H,1,4-5,13-15,17-18H2,2H3,(H,24,27). The van der Waals surface area contributed by atoms with E-state index in [-0.39, 0.29) is 12.5 Å². The molecule has 0 unspecified atom stereocenters. The lowest BCUT2D eigenvalue weighted by Gasteiger charge is -2.20. The molecule has 0 aliphatic carbocycles. The summed E-state index contributed by atoms with van der Waals surface area (Å²) in [5.41, 5.74) is 3.31. The van der Waals surface area contributed by atoms with Crippen LogP contribution in [-0.2, 0) is 23.1 Å². The fourth-order valence-corrected chi connectivity index (χ4v) is 4.53. The van der Waals surface area contributed by atoms with Crippen molar-refractivity contribution in [1.29, 1.82) is 0 Å². The zero-order valence-corrected chi connectivity index (χ0v) is 18.2. The van der Waals surface area contributed by atoms with Crippen molar-refractivity contribution in [3.05, 3.63) is 77.9 Å². The topological polar surface area (TPSA) is 69.7 Å². The molecule has 7 heteroatoms. The first-order chi connectivity index (χ1) is 14.4. The molecular weight excluding hydrogens is 398 g/mol. The number of nitrogens with one attached hydrogen (secondary N) is 1. The lowest BCUT2D eigenvalue weighted by Crippen LogP contribution is -2.30. The van der Waals surface area contributed by atoms with E-state index < -0.39 is 10.0 Å². The molecule has 3 rings (SSSR count). The fraction of sp³-hybridized carbons (Fsp3) is 0.348. The molecule has 0 atom stereocenters. The number of nitrogens with zero attached hydrogens (tertiary/aromatic N) is 2. The van der Waals surface area contributed by atoms with E-state index in [9.17, 15) is 13.2 Å². The molecule has 30 heavy (non-hydrogen) atoms. The Labute approximate surface area is 179 Å². The average molecular weight is 428 g/mol. The van der Waals surface area contributed by atoms with Gasteiger partial charge in [-0.1, -0.05) is 30.3 Å². The van der Waals surface area contributed by atoms with Crippen LogP contribution in [0.5, 0.6) is 0 Å². The highest BCUT2D eigenvalue weighted by Crippen LogP contribution is 2.18. The Kier molecular flexibility index (Phi) is 7.29. The number of likely N-dealkylation sites (tertiary alicyclic amines) is 1. The van der Waals surface area contributed by atoms with E-state index in [1.165, 1.54) is 28.8 Å². The molecule has 0 radical (unpaired) electrons. The minimum atomic E-state index is -3.41. The lowest BCUT2D eigenvalue weighted by atomic mass is 10.1. The lowest BCUT2D eigenvalue weighted by molar-refractivity contribution is 0.0951. The quantitative estimate of drug-likeness (QED) is 0.624. The van der Waals surface area contributed by atoms with Gasteiger partial charge in [-0.05, 0) is 61.3 Å². The molecule has 1 aliphatic heterocycles. The van der Waals surface area contributed by atoms with Gasteiger partial charge < -0.3 is 5.32 Å². The van der Waals surface area contributed by atoms with Gasteiger partial charge in [0, 0.05) is 18.7 Å². The van der Waals surface area contributed by atoms with Crippen molar-refractivity contribution in [2.75, 3.05) is 30.2 Å². The molecule has 1 N–H and O–H groups in total. The Balaban J connectivity index is 1.60. The maximum absolute atomic E-state index is 12.5. The third-order valence-corrected chi connectivity index (χ3v) is 6.32. The van der Waals surface area contributed by atoms with Crippen molar-refractivity contribution >= 4 is 21.6 Å². The van der Waals surface area contributed by atoms with Gasteiger partial charge >= 0.3 is 0 Å². The van der Waals surface area contributed by atoms with Gasteiger partial charge in [0.2, 0.25) is 10.0 Å². The van der Waals surface area contributed by atoms with Crippen LogP contribution in [-0.4, -0.2) is 45.1 Å². The summed E-state index contributed by atoms with van der Waals surface area (Å²) in [6, 6.07) is 14.8. The van der Waals surface area contributed by atoms with Crippen molar-refractivity contribution in [3.8, 4) is 0 Å². The molecule has 0 bridgehead atoms. The zero-order chi connectivity index (χ0) is 21.6. The third kappa shape index (κ3) is 5.93. The monoisotopic (exact) mass is 427 g/mol. The third-order valence-electron chi connectivity index (χ3n) is 5.16. The molecule has 1 aliphatic rings. The van der Waals surface area contributed by atoms with E-state index in [1.54, 1.807) is 24.3 Å². The Morgan fingerprint density at radius 2 is 1.80 bits per heavy atom. The molecule has 0 aromatic heterocycles. The number of sulfonamides is 1. The van der Waals surface area contributed by atoms with Gasteiger partial charge in [-0.2, -0.15) is 0 Å². The van der Waals surface area contributed by atoms with Gasteiger partial charge in [0.15, 0.2) is 0 Å². The second-order valence-electron chi connectivity index (χ2n) is 7.62. The molecule has 2 aromatic carbocycles. The first-order valence-corrected chi connectivity index (χ1v) is 12.0. The minimum absolute atomic E-state index is 0.179. The number of carbonyl (C=O) groups is 1. The summed E-state index contributed by atoms with van der Waals surface area (Å²) in [5, 5.41) is 2.94. The van der Waals surface area contributed by atoms with E-state index in [1.807, 2.05) is 12.1 Å². The maximum atomic E-state index is 12.5. The molecule has 160 valence electrons. The average Bonchev–Trinajstić information content (AvgIpc) is 3.23. The van der Waals surface area contributed by atoms with Crippen LogP contribution in [0.1, 0.15) is 34.3 Å². The van der Waals surface area contributed by atoms with Crippen molar-refractivity contribution in [2.45, 2.75) is 25.9 Å². The summed E-state index contributed by atoms with van der Waals surface area (Å²) in [7, 11) is -3.41. The molecule has 1 saturated heterocycles. The van der Waals surface area contributed by atoms with Gasteiger partial charge in [0.1, 0.15) is 0 Å². The molecular formula is C23H29N3O3S. The van der Waals surface area contributed by atoms with Crippen LogP contribution in [0.4, 0.5) is 5.69 Å². The van der Waals surface area contributed by atoms with Crippen LogP contribution >= 0.6 is 0 Å². The van der Waals surface area contributed by atoms with Gasteiger partial charge in [-0.15, -0.1) is 6.58 Å². The van der Waals surface area contributed by atoms with Crippen LogP contribution in [0, 0.1) is 0 Å². The Hall–Kier alpha value is -2.64. The smallest absolute Gasteiger partial charge is 0.251 e. The Morgan fingerprint density at radius 1 is 1.13 bits per heavy atom. The number of rotatable bonds is 9. The summed E-state index contributed by atoms with van der Waals surface area (Å²) in [5.74, 6) is -0.193. The highest BCUT2D eigenvalue weighted by Gasteiger charge is 2.16. The zero-order valence-electron chi connectivity index (χ0n) is 17.4. The second-order valence-corrected chi connectivity index (χ2v) is 9.52. The molecule has 1 heterocycles. The number of amides is 1. The Bertz CT molecular complexity index is 981. The van der Waals surface area contributed by atoms with E-state index in [0.29, 0.717) is 17.8 Å². The summed E-state index contributed by atoms with van der Waals surface area (Å²) >= 11 is 0. The van der Waals surface area contributed by atoms with Crippen molar-refractivity contribution in [3.63, 3.8) is 0 Å². The number of benzene rings is 2. The van der Waals surface area contributed by atoms with E-state index in [0.717, 1.165) is 31.5 Å². The number of hydrogen-bond acceptors (Lipinski definition) is 4. The molecule has 1 fully saturated rings. The minimum Gasteiger partial charge on any atom is -0.348 e. The molecule has 0 saturated carbocycles. The number of anilines is 1. The highest BCUT2D eigenvalue weighted by molar-refractivity contribution is 7.92. The van der Waals surface area contributed by atoms with Crippen molar-refractivity contribution < 1.29 is 13.2 Å². The predicted molar refractivity (Wildman–Crippen MR) is 121 cm³/mol.